The van der Waals surface area contributed by atoms with Crippen molar-refractivity contribution in [2.24, 2.45) is 0 Å². The van der Waals surface area contributed by atoms with Gasteiger partial charge in [0.2, 0.25) is 0 Å². The van der Waals surface area contributed by atoms with E-state index in [2.05, 4.69) is 43.0 Å². The van der Waals surface area contributed by atoms with Crippen LogP contribution in [0.2, 0.25) is 0 Å². The zero-order valence-corrected chi connectivity index (χ0v) is 12.3. The molecular formula is C16H24ClN. The Hall–Kier alpha value is -0.530. The molecule has 1 nitrogen and oxygen atoms in total. The molecule has 0 saturated heterocycles. The Kier molecular flexibility index (Phi) is 5.08. The van der Waals surface area contributed by atoms with Crippen LogP contribution in [0.5, 0.6) is 0 Å². The maximum atomic E-state index is 5.96. The lowest BCUT2D eigenvalue weighted by Gasteiger charge is -2.38. The van der Waals surface area contributed by atoms with Crippen molar-refractivity contribution in [1.82, 2.24) is 4.90 Å². The lowest BCUT2D eigenvalue weighted by Crippen LogP contribution is -2.41. The van der Waals surface area contributed by atoms with Gasteiger partial charge in [-0.15, -0.1) is 11.6 Å². The average molecular weight is 266 g/mol. The van der Waals surface area contributed by atoms with Crippen molar-refractivity contribution < 1.29 is 0 Å². The largest absolute Gasteiger partial charge is 0.299 e. The number of benzene rings is 1. The fourth-order valence-corrected chi connectivity index (χ4v) is 3.36. The van der Waals surface area contributed by atoms with Crippen LogP contribution in [0, 0.1) is 0 Å². The minimum Gasteiger partial charge on any atom is -0.299 e. The first-order valence-electron chi connectivity index (χ1n) is 7.17. The van der Waals surface area contributed by atoms with E-state index in [9.17, 15) is 0 Å². The number of alkyl halides is 1. The topological polar surface area (TPSA) is 3.24 Å². The van der Waals surface area contributed by atoms with Gasteiger partial charge in [-0.1, -0.05) is 38.1 Å². The third-order valence-corrected chi connectivity index (χ3v) is 4.42. The van der Waals surface area contributed by atoms with Gasteiger partial charge in [0, 0.05) is 30.9 Å². The van der Waals surface area contributed by atoms with Gasteiger partial charge in [0.25, 0.3) is 0 Å². The fraction of sp³-hybridized carbons (Fsp3) is 0.625. The summed E-state index contributed by atoms with van der Waals surface area (Å²) in [7, 11) is 0. The molecule has 1 atom stereocenters. The molecule has 1 aromatic rings. The van der Waals surface area contributed by atoms with Crippen LogP contribution in [0.3, 0.4) is 0 Å². The van der Waals surface area contributed by atoms with Gasteiger partial charge >= 0.3 is 0 Å². The van der Waals surface area contributed by atoms with Crippen molar-refractivity contribution in [3.63, 3.8) is 0 Å². The molecule has 1 aliphatic rings. The number of hydrogen-bond donors (Lipinski definition) is 0. The first-order valence-corrected chi connectivity index (χ1v) is 7.71. The van der Waals surface area contributed by atoms with E-state index in [1.807, 2.05) is 0 Å². The number of nitrogens with zero attached hydrogens (tertiary/aromatic N) is 1. The standard InChI is InChI=1S/C16H24ClN/c1-3-15(4-2)18(10-9-17)12-14-11-13-7-5-6-8-16(13)14/h5-8,14-15H,3-4,9-12H2,1-2H3. The van der Waals surface area contributed by atoms with E-state index in [1.165, 1.54) is 31.4 Å². The van der Waals surface area contributed by atoms with Gasteiger partial charge in [-0.25, -0.2) is 0 Å². The number of fused-ring (bicyclic) bond motifs is 1. The highest BCUT2D eigenvalue weighted by Crippen LogP contribution is 2.35. The first-order chi connectivity index (χ1) is 8.80. The summed E-state index contributed by atoms with van der Waals surface area (Å²) in [4.78, 5) is 2.59. The van der Waals surface area contributed by atoms with Gasteiger partial charge in [0.1, 0.15) is 0 Å². The highest BCUT2D eigenvalue weighted by molar-refractivity contribution is 6.18. The molecule has 1 unspecified atom stereocenters. The molecule has 0 bridgehead atoms. The lowest BCUT2D eigenvalue weighted by atomic mass is 9.77. The third kappa shape index (κ3) is 2.89. The second kappa shape index (κ2) is 6.58. The van der Waals surface area contributed by atoms with Crippen LogP contribution < -0.4 is 0 Å². The van der Waals surface area contributed by atoms with Crippen LogP contribution in [0.25, 0.3) is 0 Å². The Morgan fingerprint density at radius 1 is 1.28 bits per heavy atom. The summed E-state index contributed by atoms with van der Waals surface area (Å²) < 4.78 is 0. The molecule has 0 heterocycles. The fourth-order valence-electron chi connectivity index (χ4n) is 3.15. The number of rotatable bonds is 7. The summed E-state index contributed by atoms with van der Waals surface area (Å²) in [6.07, 6.45) is 3.69. The van der Waals surface area contributed by atoms with Crippen molar-refractivity contribution in [3.8, 4) is 0 Å². The van der Waals surface area contributed by atoms with E-state index < -0.39 is 0 Å². The van der Waals surface area contributed by atoms with Gasteiger partial charge in [0.05, 0.1) is 0 Å². The molecule has 1 aliphatic carbocycles. The second-order valence-corrected chi connectivity index (χ2v) is 5.63. The minimum absolute atomic E-state index is 0.691. The molecule has 0 fully saturated rings. The van der Waals surface area contributed by atoms with Gasteiger partial charge in [0.15, 0.2) is 0 Å². The highest BCUT2D eigenvalue weighted by atomic mass is 35.5. The van der Waals surface area contributed by atoms with E-state index in [0.717, 1.165) is 18.3 Å². The molecule has 0 spiro atoms. The Morgan fingerprint density at radius 2 is 2.00 bits per heavy atom. The monoisotopic (exact) mass is 265 g/mol. The lowest BCUT2D eigenvalue weighted by molar-refractivity contribution is 0.179. The van der Waals surface area contributed by atoms with Crippen molar-refractivity contribution in [2.45, 2.75) is 45.1 Å². The molecule has 0 aromatic heterocycles. The Bertz CT molecular complexity index is 373. The maximum absolute atomic E-state index is 5.96. The first kappa shape index (κ1) is 13.9. The van der Waals surface area contributed by atoms with E-state index in [-0.39, 0.29) is 0 Å². The summed E-state index contributed by atoms with van der Waals surface area (Å²) in [5.41, 5.74) is 3.10. The van der Waals surface area contributed by atoms with Crippen LogP contribution in [-0.4, -0.2) is 29.9 Å². The number of hydrogen-bond acceptors (Lipinski definition) is 1. The molecule has 100 valence electrons. The molecule has 18 heavy (non-hydrogen) atoms. The molecule has 2 heteroatoms. The summed E-state index contributed by atoms with van der Waals surface area (Å²) in [5, 5.41) is 0. The van der Waals surface area contributed by atoms with Crippen LogP contribution >= 0.6 is 11.6 Å². The zero-order valence-electron chi connectivity index (χ0n) is 11.5. The second-order valence-electron chi connectivity index (χ2n) is 5.25. The van der Waals surface area contributed by atoms with Crippen molar-refractivity contribution in [2.75, 3.05) is 19.0 Å². The molecule has 0 N–H and O–H groups in total. The van der Waals surface area contributed by atoms with Gasteiger partial charge in [-0.05, 0) is 30.4 Å². The molecule has 0 saturated carbocycles. The van der Waals surface area contributed by atoms with Gasteiger partial charge in [-0.2, -0.15) is 0 Å². The normalized spacial score (nSPS) is 17.9. The minimum atomic E-state index is 0.691. The summed E-state index contributed by atoms with van der Waals surface area (Å²) in [6, 6.07) is 9.54. The van der Waals surface area contributed by atoms with Crippen molar-refractivity contribution in [3.05, 3.63) is 35.4 Å². The molecular weight excluding hydrogens is 242 g/mol. The van der Waals surface area contributed by atoms with E-state index >= 15 is 0 Å². The summed E-state index contributed by atoms with van der Waals surface area (Å²) >= 11 is 5.96. The predicted octanol–water partition coefficient (Wildman–Crippen LogP) is 4.06. The van der Waals surface area contributed by atoms with E-state index in [1.54, 1.807) is 5.56 Å². The molecule has 0 aliphatic heterocycles. The highest BCUT2D eigenvalue weighted by Gasteiger charge is 2.28. The number of halogens is 1. The van der Waals surface area contributed by atoms with Crippen molar-refractivity contribution in [1.29, 1.82) is 0 Å². The molecule has 1 aromatic carbocycles. The van der Waals surface area contributed by atoms with Crippen LogP contribution in [-0.2, 0) is 6.42 Å². The Labute approximate surface area is 116 Å². The molecule has 0 radical (unpaired) electrons. The van der Waals surface area contributed by atoms with Gasteiger partial charge < -0.3 is 0 Å². The average Bonchev–Trinajstić information content (AvgIpc) is 2.37. The molecule has 2 rings (SSSR count). The third-order valence-electron chi connectivity index (χ3n) is 4.25. The van der Waals surface area contributed by atoms with Crippen molar-refractivity contribution >= 4 is 11.6 Å². The molecule has 0 amide bonds. The van der Waals surface area contributed by atoms with Crippen LogP contribution in [0.1, 0.15) is 43.7 Å². The van der Waals surface area contributed by atoms with Gasteiger partial charge in [-0.3, -0.25) is 4.90 Å². The van der Waals surface area contributed by atoms with E-state index in [4.69, 9.17) is 11.6 Å². The maximum Gasteiger partial charge on any atom is 0.0351 e. The van der Waals surface area contributed by atoms with Crippen LogP contribution in [0.4, 0.5) is 0 Å². The summed E-state index contributed by atoms with van der Waals surface area (Å²) in [6.45, 7) is 6.76. The van der Waals surface area contributed by atoms with Crippen LogP contribution in [0.15, 0.2) is 24.3 Å². The Morgan fingerprint density at radius 3 is 2.61 bits per heavy atom. The Balaban J connectivity index is 1.99. The smallest absolute Gasteiger partial charge is 0.0351 e. The predicted molar refractivity (Wildman–Crippen MR) is 79.6 cm³/mol. The summed E-state index contributed by atoms with van der Waals surface area (Å²) in [5.74, 6) is 1.47. The zero-order chi connectivity index (χ0) is 13.0. The SMILES string of the molecule is CCC(CC)N(CCCl)CC1Cc2ccccc21. The van der Waals surface area contributed by atoms with E-state index in [0.29, 0.717) is 6.04 Å². The quantitative estimate of drug-likeness (QED) is 0.672.